The maximum Gasteiger partial charge on any atom is 0.226 e. The zero-order valence-corrected chi connectivity index (χ0v) is 14.2. The minimum atomic E-state index is 0.0309. The van der Waals surface area contributed by atoms with E-state index < -0.39 is 0 Å². The first-order valence-electron chi connectivity index (χ1n) is 7.41. The molecule has 0 unspecified atom stereocenters. The Morgan fingerprint density at radius 3 is 2.74 bits per heavy atom. The molecular weight excluding hydrogens is 352 g/mol. The van der Waals surface area contributed by atoms with E-state index in [9.17, 15) is 0 Å². The number of rotatable bonds is 2. The Kier molecular flexibility index (Phi) is 3.50. The molecule has 1 aliphatic rings. The van der Waals surface area contributed by atoms with E-state index in [0.717, 1.165) is 21.7 Å². The van der Waals surface area contributed by atoms with Gasteiger partial charge in [-0.1, -0.05) is 57.9 Å². The summed E-state index contributed by atoms with van der Waals surface area (Å²) in [6.45, 7) is 2.09. The van der Waals surface area contributed by atoms with E-state index in [1.807, 2.05) is 16.8 Å². The number of nitrogens with zero attached hydrogens (tertiary/aromatic N) is 3. The predicted octanol–water partition coefficient (Wildman–Crippen LogP) is 4.41. The molecule has 1 aliphatic heterocycles. The quantitative estimate of drug-likeness (QED) is 0.730. The van der Waals surface area contributed by atoms with Gasteiger partial charge in [0.15, 0.2) is 0 Å². The van der Waals surface area contributed by atoms with Crippen LogP contribution < -0.4 is 5.32 Å². The van der Waals surface area contributed by atoms with E-state index in [0.29, 0.717) is 0 Å². The molecule has 3 aromatic rings. The number of allylic oxidation sites excluding steroid dienone is 1. The standard InChI is InChI=1S/C18H15BrN4/c1-12-5-7-13(8-6-12)17-10-16(14-3-2-4-15(19)9-14)22-18-20-11-21-23(17)18/h2-11,17H,1H3,(H,20,21,22)/t17-/m0/s1. The molecule has 4 nitrogen and oxygen atoms in total. The fraction of sp³-hybridized carbons (Fsp3) is 0.111. The molecule has 1 aromatic heterocycles. The molecule has 0 bridgehead atoms. The molecule has 0 saturated heterocycles. The van der Waals surface area contributed by atoms with Crippen LogP contribution in [0.4, 0.5) is 5.95 Å². The molecule has 0 aliphatic carbocycles. The summed E-state index contributed by atoms with van der Waals surface area (Å²) in [7, 11) is 0. The van der Waals surface area contributed by atoms with Crippen molar-refractivity contribution in [3.63, 3.8) is 0 Å². The van der Waals surface area contributed by atoms with Crippen LogP contribution in [0.3, 0.4) is 0 Å². The molecule has 2 aromatic carbocycles. The van der Waals surface area contributed by atoms with E-state index in [-0.39, 0.29) is 6.04 Å². The van der Waals surface area contributed by atoms with Gasteiger partial charge in [0.25, 0.3) is 0 Å². The lowest BCUT2D eigenvalue weighted by atomic mass is 10.0. The Bertz CT molecular complexity index is 880. The number of benzene rings is 2. The molecule has 0 fully saturated rings. The minimum absolute atomic E-state index is 0.0309. The molecule has 0 amide bonds. The van der Waals surface area contributed by atoms with Gasteiger partial charge < -0.3 is 5.32 Å². The van der Waals surface area contributed by atoms with Crippen molar-refractivity contribution in [2.45, 2.75) is 13.0 Å². The highest BCUT2D eigenvalue weighted by molar-refractivity contribution is 9.10. The second kappa shape index (κ2) is 5.66. The molecule has 2 heterocycles. The maximum atomic E-state index is 4.37. The fourth-order valence-corrected chi connectivity index (χ4v) is 3.16. The van der Waals surface area contributed by atoms with Crippen LogP contribution in [0.15, 0.2) is 65.4 Å². The van der Waals surface area contributed by atoms with Gasteiger partial charge in [-0.3, -0.25) is 0 Å². The van der Waals surface area contributed by atoms with Crippen LogP contribution in [-0.4, -0.2) is 14.8 Å². The molecule has 1 N–H and O–H groups in total. The van der Waals surface area contributed by atoms with Gasteiger partial charge in [0.05, 0.1) is 0 Å². The summed E-state index contributed by atoms with van der Waals surface area (Å²) in [6, 6.07) is 16.8. The molecule has 1 atom stereocenters. The van der Waals surface area contributed by atoms with Crippen LogP contribution in [0, 0.1) is 6.92 Å². The first-order chi connectivity index (χ1) is 11.2. The number of hydrogen-bond donors (Lipinski definition) is 1. The maximum absolute atomic E-state index is 4.37. The molecule has 4 rings (SSSR count). The third kappa shape index (κ3) is 2.68. The Labute approximate surface area is 143 Å². The normalized spacial score (nSPS) is 16.4. The highest BCUT2D eigenvalue weighted by Crippen LogP contribution is 2.32. The zero-order chi connectivity index (χ0) is 15.8. The van der Waals surface area contributed by atoms with E-state index in [4.69, 9.17) is 0 Å². The van der Waals surface area contributed by atoms with Crippen molar-refractivity contribution in [1.82, 2.24) is 14.8 Å². The van der Waals surface area contributed by atoms with E-state index in [2.05, 4.69) is 80.7 Å². The van der Waals surface area contributed by atoms with Crippen molar-refractivity contribution >= 4 is 27.6 Å². The number of fused-ring (bicyclic) bond motifs is 1. The number of aromatic nitrogens is 3. The fourth-order valence-electron chi connectivity index (χ4n) is 2.76. The number of anilines is 1. The van der Waals surface area contributed by atoms with Gasteiger partial charge in [0.1, 0.15) is 12.4 Å². The van der Waals surface area contributed by atoms with Gasteiger partial charge in [-0.05, 0) is 36.3 Å². The van der Waals surface area contributed by atoms with E-state index in [1.54, 1.807) is 6.33 Å². The summed E-state index contributed by atoms with van der Waals surface area (Å²) in [5.74, 6) is 0.757. The highest BCUT2D eigenvalue weighted by Gasteiger charge is 2.23. The Morgan fingerprint density at radius 1 is 1.13 bits per heavy atom. The van der Waals surface area contributed by atoms with Gasteiger partial charge in [-0.2, -0.15) is 10.1 Å². The van der Waals surface area contributed by atoms with Crippen LogP contribution in [0.2, 0.25) is 0 Å². The molecule has 5 heteroatoms. The van der Waals surface area contributed by atoms with Gasteiger partial charge >= 0.3 is 0 Å². The second-order valence-corrected chi connectivity index (χ2v) is 6.52. The number of halogens is 1. The summed E-state index contributed by atoms with van der Waals surface area (Å²) >= 11 is 3.53. The molecule has 0 radical (unpaired) electrons. The molecule has 23 heavy (non-hydrogen) atoms. The van der Waals surface area contributed by atoms with Gasteiger partial charge in [-0.15, -0.1) is 0 Å². The van der Waals surface area contributed by atoms with Crippen molar-refractivity contribution in [2.24, 2.45) is 0 Å². The molecule has 0 saturated carbocycles. The van der Waals surface area contributed by atoms with Crippen LogP contribution in [0.25, 0.3) is 5.70 Å². The van der Waals surface area contributed by atoms with Crippen LogP contribution >= 0.6 is 15.9 Å². The summed E-state index contributed by atoms with van der Waals surface area (Å²) in [6.07, 6.45) is 3.77. The van der Waals surface area contributed by atoms with E-state index in [1.165, 1.54) is 11.1 Å². The van der Waals surface area contributed by atoms with Gasteiger partial charge in [0.2, 0.25) is 5.95 Å². The third-order valence-electron chi connectivity index (χ3n) is 3.96. The Hall–Kier alpha value is -2.40. The Balaban J connectivity index is 1.81. The lowest BCUT2D eigenvalue weighted by Gasteiger charge is -2.24. The molecular formula is C18H15BrN4. The lowest BCUT2D eigenvalue weighted by Crippen LogP contribution is -2.20. The number of aryl methyl sites for hydroxylation is 1. The van der Waals surface area contributed by atoms with Crippen LogP contribution in [0.1, 0.15) is 22.7 Å². The first kappa shape index (κ1) is 14.2. The largest absolute Gasteiger partial charge is 0.324 e. The van der Waals surface area contributed by atoms with Crippen molar-refractivity contribution in [1.29, 1.82) is 0 Å². The summed E-state index contributed by atoms with van der Waals surface area (Å²) < 4.78 is 2.96. The Morgan fingerprint density at radius 2 is 1.96 bits per heavy atom. The van der Waals surface area contributed by atoms with Crippen molar-refractivity contribution in [3.8, 4) is 0 Å². The van der Waals surface area contributed by atoms with Crippen LogP contribution in [-0.2, 0) is 0 Å². The smallest absolute Gasteiger partial charge is 0.226 e. The topological polar surface area (TPSA) is 42.7 Å². The van der Waals surface area contributed by atoms with E-state index >= 15 is 0 Å². The lowest BCUT2D eigenvalue weighted by molar-refractivity contribution is 0.612. The number of nitrogens with one attached hydrogen (secondary N) is 1. The van der Waals surface area contributed by atoms with Crippen molar-refractivity contribution in [3.05, 3.63) is 82.1 Å². The SMILES string of the molecule is Cc1ccc([C@@H]2C=C(c3cccc(Br)c3)Nc3ncnn32)cc1. The monoisotopic (exact) mass is 366 g/mol. The molecule has 0 spiro atoms. The van der Waals surface area contributed by atoms with Gasteiger partial charge in [-0.25, -0.2) is 4.68 Å². The highest BCUT2D eigenvalue weighted by atomic mass is 79.9. The van der Waals surface area contributed by atoms with Gasteiger partial charge in [0, 0.05) is 10.2 Å². The van der Waals surface area contributed by atoms with Crippen molar-refractivity contribution in [2.75, 3.05) is 5.32 Å². The second-order valence-electron chi connectivity index (χ2n) is 5.60. The summed E-state index contributed by atoms with van der Waals surface area (Å²) in [4.78, 5) is 4.34. The summed E-state index contributed by atoms with van der Waals surface area (Å²) in [5.41, 5.74) is 4.59. The summed E-state index contributed by atoms with van der Waals surface area (Å²) in [5, 5.41) is 7.73. The van der Waals surface area contributed by atoms with Crippen molar-refractivity contribution < 1.29 is 0 Å². The number of hydrogen-bond acceptors (Lipinski definition) is 3. The average molecular weight is 367 g/mol. The zero-order valence-electron chi connectivity index (χ0n) is 12.6. The predicted molar refractivity (Wildman–Crippen MR) is 95.1 cm³/mol. The average Bonchev–Trinajstić information content (AvgIpc) is 3.03. The van der Waals surface area contributed by atoms with Crippen LogP contribution in [0.5, 0.6) is 0 Å². The first-order valence-corrected chi connectivity index (χ1v) is 8.21. The minimum Gasteiger partial charge on any atom is -0.324 e. The third-order valence-corrected chi connectivity index (χ3v) is 4.46. The molecule has 114 valence electrons.